The van der Waals surface area contributed by atoms with Crippen molar-refractivity contribution in [1.82, 2.24) is 10.3 Å². The molecule has 27 heavy (non-hydrogen) atoms. The van der Waals surface area contributed by atoms with E-state index < -0.39 is 6.10 Å². The molecule has 0 saturated carbocycles. The first-order valence-corrected chi connectivity index (χ1v) is 9.04. The third kappa shape index (κ3) is 5.20. The predicted octanol–water partition coefficient (Wildman–Crippen LogP) is 4.08. The molecule has 2 aromatic carbocycles. The fourth-order valence-electron chi connectivity index (χ4n) is 2.58. The number of amides is 1. The number of nitrogens with zero attached hydrogens (tertiary/aromatic N) is 1. The molecule has 1 atom stereocenters. The van der Waals surface area contributed by atoms with Crippen LogP contribution in [0.5, 0.6) is 5.75 Å². The lowest BCUT2D eigenvalue weighted by atomic mass is 10.1. The maximum absolute atomic E-state index is 12.2. The lowest BCUT2D eigenvalue weighted by Gasteiger charge is -2.14. The van der Waals surface area contributed by atoms with Crippen LogP contribution < -0.4 is 10.1 Å². The lowest BCUT2D eigenvalue weighted by molar-refractivity contribution is -0.127. The highest BCUT2D eigenvalue weighted by Crippen LogP contribution is 2.19. The molecule has 5 heteroatoms. The van der Waals surface area contributed by atoms with Gasteiger partial charge < -0.3 is 14.5 Å². The Morgan fingerprint density at radius 2 is 1.70 bits per heavy atom. The molecular formula is C22H24N2O3. The van der Waals surface area contributed by atoms with Crippen LogP contribution in [0.25, 0.3) is 11.5 Å². The van der Waals surface area contributed by atoms with E-state index in [2.05, 4.69) is 10.3 Å². The molecule has 3 aromatic rings. The molecule has 1 heterocycles. The second-order valence-corrected chi connectivity index (χ2v) is 6.62. The first kappa shape index (κ1) is 18.7. The van der Waals surface area contributed by atoms with Gasteiger partial charge in [0.1, 0.15) is 12.0 Å². The average Bonchev–Trinajstić information content (AvgIpc) is 3.13. The molecule has 0 aliphatic heterocycles. The second kappa shape index (κ2) is 8.54. The van der Waals surface area contributed by atoms with Gasteiger partial charge in [-0.05, 0) is 45.0 Å². The Kier molecular flexibility index (Phi) is 5.91. The van der Waals surface area contributed by atoms with E-state index in [1.54, 1.807) is 13.2 Å². The number of carbonyl (C=O) groups is 1. The van der Waals surface area contributed by atoms with Gasteiger partial charge in [-0.3, -0.25) is 4.79 Å². The van der Waals surface area contributed by atoms with Gasteiger partial charge in [-0.1, -0.05) is 35.4 Å². The van der Waals surface area contributed by atoms with E-state index in [9.17, 15) is 4.79 Å². The van der Waals surface area contributed by atoms with Crippen molar-refractivity contribution in [2.24, 2.45) is 0 Å². The van der Waals surface area contributed by atoms with Crippen molar-refractivity contribution >= 4 is 5.91 Å². The maximum Gasteiger partial charge on any atom is 0.260 e. The van der Waals surface area contributed by atoms with Gasteiger partial charge in [0.15, 0.2) is 6.10 Å². The number of hydrogen-bond donors (Lipinski definition) is 1. The highest BCUT2D eigenvalue weighted by Gasteiger charge is 2.14. The quantitative estimate of drug-likeness (QED) is 0.686. The Hall–Kier alpha value is -3.08. The maximum atomic E-state index is 12.2. The summed E-state index contributed by atoms with van der Waals surface area (Å²) >= 11 is 0. The van der Waals surface area contributed by atoms with Crippen molar-refractivity contribution in [2.45, 2.75) is 33.3 Å². The molecule has 0 fully saturated rings. The molecule has 1 amide bonds. The number of nitrogens with one attached hydrogen (secondary N) is 1. The SMILES string of the molecule is Cc1ccc(OC(C)C(=O)NCCc2coc(-c3ccc(C)cc3)n2)cc1. The van der Waals surface area contributed by atoms with E-state index in [4.69, 9.17) is 9.15 Å². The molecule has 1 unspecified atom stereocenters. The summed E-state index contributed by atoms with van der Waals surface area (Å²) in [5.74, 6) is 1.12. The summed E-state index contributed by atoms with van der Waals surface area (Å²) < 4.78 is 11.2. The molecule has 0 aliphatic rings. The van der Waals surface area contributed by atoms with Crippen LogP contribution in [0, 0.1) is 13.8 Å². The van der Waals surface area contributed by atoms with Gasteiger partial charge in [0, 0.05) is 18.5 Å². The highest BCUT2D eigenvalue weighted by atomic mass is 16.5. The van der Waals surface area contributed by atoms with Crippen molar-refractivity contribution in [3.8, 4) is 17.2 Å². The van der Waals surface area contributed by atoms with Crippen LogP contribution in [0.3, 0.4) is 0 Å². The number of ether oxygens (including phenoxy) is 1. The van der Waals surface area contributed by atoms with Crippen LogP contribution in [-0.4, -0.2) is 23.5 Å². The van der Waals surface area contributed by atoms with Gasteiger partial charge in [-0.25, -0.2) is 4.98 Å². The van der Waals surface area contributed by atoms with Crippen LogP contribution in [0.4, 0.5) is 0 Å². The van der Waals surface area contributed by atoms with E-state index in [1.807, 2.05) is 62.4 Å². The first-order chi connectivity index (χ1) is 13.0. The topological polar surface area (TPSA) is 64.4 Å². The van der Waals surface area contributed by atoms with E-state index in [1.165, 1.54) is 5.56 Å². The molecule has 0 saturated heterocycles. The van der Waals surface area contributed by atoms with E-state index >= 15 is 0 Å². The molecular weight excluding hydrogens is 340 g/mol. The van der Waals surface area contributed by atoms with Crippen LogP contribution in [-0.2, 0) is 11.2 Å². The van der Waals surface area contributed by atoms with Gasteiger partial charge in [0.05, 0.1) is 5.69 Å². The molecule has 140 valence electrons. The summed E-state index contributed by atoms with van der Waals surface area (Å²) in [4.78, 5) is 16.7. The van der Waals surface area contributed by atoms with Crippen molar-refractivity contribution < 1.29 is 13.9 Å². The molecule has 1 N–H and O–H groups in total. The van der Waals surface area contributed by atoms with Crippen molar-refractivity contribution in [3.05, 3.63) is 71.6 Å². The fourth-order valence-corrected chi connectivity index (χ4v) is 2.58. The monoisotopic (exact) mass is 364 g/mol. The summed E-state index contributed by atoms with van der Waals surface area (Å²) in [6.45, 7) is 6.26. The lowest BCUT2D eigenvalue weighted by Crippen LogP contribution is -2.37. The fraction of sp³-hybridized carbons (Fsp3) is 0.273. The number of carbonyl (C=O) groups excluding carboxylic acids is 1. The highest BCUT2D eigenvalue weighted by molar-refractivity contribution is 5.80. The van der Waals surface area contributed by atoms with E-state index in [0.29, 0.717) is 24.6 Å². The van der Waals surface area contributed by atoms with Gasteiger partial charge in [-0.15, -0.1) is 0 Å². The summed E-state index contributed by atoms with van der Waals surface area (Å²) in [5.41, 5.74) is 4.08. The normalized spacial score (nSPS) is 11.8. The summed E-state index contributed by atoms with van der Waals surface area (Å²) in [5, 5.41) is 2.87. The van der Waals surface area contributed by atoms with E-state index in [-0.39, 0.29) is 5.91 Å². The zero-order chi connectivity index (χ0) is 19.2. The molecule has 1 aromatic heterocycles. The average molecular weight is 364 g/mol. The first-order valence-electron chi connectivity index (χ1n) is 9.04. The molecule has 5 nitrogen and oxygen atoms in total. The number of aryl methyl sites for hydroxylation is 2. The van der Waals surface area contributed by atoms with Gasteiger partial charge in [0.2, 0.25) is 5.89 Å². The molecule has 0 bridgehead atoms. The van der Waals surface area contributed by atoms with Gasteiger partial charge in [-0.2, -0.15) is 0 Å². The third-order valence-electron chi connectivity index (χ3n) is 4.23. The molecule has 0 aliphatic carbocycles. The minimum atomic E-state index is -0.562. The van der Waals surface area contributed by atoms with Crippen LogP contribution in [0.15, 0.2) is 59.2 Å². The summed E-state index contributed by atoms with van der Waals surface area (Å²) in [7, 11) is 0. The smallest absolute Gasteiger partial charge is 0.260 e. The van der Waals surface area contributed by atoms with E-state index in [0.717, 1.165) is 16.8 Å². The van der Waals surface area contributed by atoms with Crippen LogP contribution in [0.1, 0.15) is 23.7 Å². The van der Waals surface area contributed by atoms with Gasteiger partial charge in [0.25, 0.3) is 5.91 Å². The Balaban J connectivity index is 1.47. The Morgan fingerprint density at radius 1 is 1.07 bits per heavy atom. The number of oxazole rings is 1. The Bertz CT molecular complexity index is 883. The number of benzene rings is 2. The third-order valence-corrected chi connectivity index (χ3v) is 4.23. The second-order valence-electron chi connectivity index (χ2n) is 6.62. The van der Waals surface area contributed by atoms with Crippen molar-refractivity contribution in [1.29, 1.82) is 0 Å². The van der Waals surface area contributed by atoms with Crippen molar-refractivity contribution in [3.63, 3.8) is 0 Å². The largest absolute Gasteiger partial charge is 0.481 e. The molecule has 3 rings (SSSR count). The standard InChI is InChI=1S/C22H24N2O3/c1-15-4-8-18(9-5-15)22-24-19(14-26-22)12-13-23-21(25)17(3)27-20-10-6-16(2)7-11-20/h4-11,14,17H,12-13H2,1-3H3,(H,23,25). The Morgan fingerprint density at radius 3 is 2.37 bits per heavy atom. The zero-order valence-electron chi connectivity index (χ0n) is 15.9. The molecule has 0 spiro atoms. The molecule has 0 radical (unpaired) electrons. The summed E-state index contributed by atoms with van der Waals surface area (Å²) in [6.07, 6.45) is 1.67. The number of hydrogen-bond acceptors (Lipinski definition) is 4. The van der Waals surface area contributed by atoms with Crippen LogP contribution in [0.2, 0.25) is 0 Å². The zero-order valence-corrected chi connectivity index (χ0v) is 15.9. The predicted molar refractivity (Wildman–Crippen MR) is 105 cm³/mol. The minimum Gasteiger partial charge on any atom is -0.481 e. The summed E-state index contributed by atoms with van der Waals surface area (Å²) in [6, 6.07) is 15.6. The number of rotatable bonds is 7. The van der Waals surface area contributed by atoms with Crippen molar-refractivity contribution in [2.75, 3.05) is 6.54 Å². The van der Waals surface area contributed by atoms with Crippen LogP contribution >= 0.6 is 0 Å². The number of aromatic nitrogens is 1. The Labute approximate surface area is 159 Å². The minimum absolute atomic E-state index is 0.155. The van der Waals surface area contributed by atoms with Gasteiger partial charge >= 0.3 is 0 Å².